The van der Waals surface area contributed by atoms with Crippen LogP contribution in [0.4, 0.5) is 0 Å². The van der Waals surface area contributed by atoms with Gasteiger partial charge in [0.25, 0.3) is 0 Å². The lowest BCUT2D eigenvalue weighted by atomic mass is 9.96. The molecule has 4 aromatic carbocycles. The van der Waals surface area contributed by atoms with Gasteiger partial charge >= 0.3 is 23.9 Å². The summed E-state index contributed by atoms with van der Waals surface area (Å²) >= 11 is 0. The van der Waals surface area contributed by atoms with Crippen LogP contribution in [0, 0.1) is 23.7 Å². The van der Waals surface area contributed by atoms with Crippen LogP contribution in [0.25, 0.3) is 11.1 Å². The van der Waals surface area contributed by atoms with E-state index in [0.717, 1.165) is 23.3 Å². The average Bonchev–Trinajstić information content (AvgIpc) is 3.15. The second-order valence-corrected chi connectivity index (χ2v) is 11.6. The lowest BCUT2D eigenvalue weighted by Crippen LogP contribution is -2.15. The van der Waals surface area contributed by atoms with Crippen molar-refractivity contribution in [3.63, 3.8) is 0 Å². The number of rotatable bonds is 11. The molecule has 0 aliphatic carbocycles. The van der Waals surface area contributed by atoms with Gasteiger partial charge in [0.15, 0.2) is 11.5 Å². The maximum Gasteiger partial charge on any atom is 0.338 e. The van der Waals surface area contributed by atoms with Crippen molar-refractivity contribution in [3.8, 4) is 57.8 Å². The van der Waals surface area contributed by atoms with Crippen LogP contribution < -0.4 is 18.9 Å². The van der Waals surface area contributed by atoms with Crippen LogP contribution in [-0.4, -0.2) is 23.9 Å². The van der Waals surface area contributed by atoms with Gasteiger partial charge in [-0.25, -0.2) is 19.2 Å². The second kappa shape index (κ2) is 18.2. The number of benzene rings is 4. The Hall–Kier alpha value is -7.16. The molecule has 0 amide bonds. The molecule has 0 fully saturated rings. The third kappa shape index (κ3) is 10.7. The second-order valence-electron chi connectivity index (χ2n) is 11.6. The van der Waals surface area contributed by atoms with Crippen molar-refractivity contribution in [3.05, 3.63) is 156 Å². The standard InChI is InChI=1S/C45H36O8/c1-8-11-38-35(20-14-31-12-18-33(19-13-31)34-21-25-37(26-22-34)51-42(47)10-3)28-40(52-44(48)29(4)5)39(43(38)53-45(49)30(6)7)27-17-32-15-23-36(24-16-32)50-41(46)9-2/h9-10,12-13,15-16,18-19,21-26,28H,2-4,6,8,11H2,1,5,7H3. The highest BCUT2D eigenvalue weighted by Crippen LogP contribution is 2.37. The summed E-state index contributed by atoms with van der Waals surface area (Å²) in [5.41, 5.74) is 4.57. The Morgan fingerprint density at radius 2 is 1.08 bits per heavy atom. The lowest BCUT2D eigenvalue weighted by Gasteiger charge is -2.17. The van der Waals surface area contributed by atoms with Gasteiger partial charge in [-0.3, -0.25) is 0 Å². The zero-order valence-corrected chi connectivity index (χ0v) is 29.7. The fourth-order valence-electron chi connectivity index (χ4n) is 4.62. The molecule has 0 saturated heterocycles. The summed E-state index contributed by atoms with van der Waals surface area (Å²) in [6, 6.07) is 22.7. The van der Waals surface area contributed by atoms with Crippen molar-refractivity contribution in [2.75, 3.05) is 0 Å². The molecule has 0 radical (unpaired) electrons. The maximum absolute atomic E-state index is 13.0. The third-order valence-electron chi connectivity index (χ3n) is 7.31. The van der Waals surface area contributed by atoms with Gasteiger partial charge in [0.2, 0.25) is 0 Å². The first-order chi connectivity index (χ1) is 25.4. The minimum Gasteiger partial charge on any atom is -0.423 e. The van der Waals surface area contributed by atoms with Crippen molar-refractivity contribution in [1.29, 1.82) is 0 Å². The molecule has 0 saturated carbocycles. The summed E-state index contributed by atoms with van der Waals surface area (Å²) in [6.07, 6.45) is 3.27. The highest BCUT2D eigenvalue weighted by molar-refractivity contribution is 5.91. The third-order valence-corrected chi connectivity index (χ3v) is 7.31. The monoisotopic (exact) mass is 704 g/mol. The minimum atomic E-state index is -0.705. The van der Waals surface area contributed by atoms with Crippen molar-refractivity contribution < 1.29 is 38.1 Å². The van der Waals surface area contributed by atoms with E-state index >= 15 is 0 Å². The Morgan fingerprint density at radius 3 is 1.57 bits per heavy atom. The van der Waals surface area contributed by atoms with Crippen LogP contribution in [0.5, 0.6) is 23.0 Å². The molecular weight excluding hydrogens is 668 g/mol. The van der Waals surface area contributed by atoms with E-state index in [9.17, 15) is 19.2 Å². The highest BCUT2D eigenvalue weighted by Gasteiger charge is 2.23. The molecule has 53 heavy (non-hydrogen) atoms. The number of hydrogen-bond donors (Lipinski definition) is 0. The zero-order valence-electron chi connectivity index (χ0n) is 29.7. The zero-order chi connectivity index (χ0) is 38.5. The molecule has 264 valence electrons. The van der Waals surface area contributed by atoms with Crippen LogP contribution >= 0.6 is 0 Å². The molecule has 8 heteroatoms. The SMILES string of the molecule is C=CC(=O)Oc1ccc(C#Cc2c(OC(=O)C(=C)C)cc(C#Cc3ccc(-c4ccc(OC(=O)C=C)cc4)cc3)c(CCC)c2OC(=O)C(=C)C)cc1. The van der Waals surface area contributed by atoms with Gasteiger partial charge in [0.1, 0.15) is 17.1 Å². The first-order valence-electron chi connectivity index (χ1n) is 16.4. The van der Waals surface area contributed by atoms with Crippen molar-refractivity contribution in [1.82, 2.24) is 0 Å². The lowest BCUT2D eigenvalue weighted by molar-refractivity contribution is -0.130. The summed E-state index contributed by atoms with van der Waals surface area (Å²) in [5, 5.41) is 0. The van der Waals surface area contributed by atoms with E-state index in [2.05, 4.69) is 50.0 Å². The largest absolute Gasteiger partial charge is 0.423 e. The van der Waals surface area contributed by atoms with Crippen LogP contribution in [0.2, 0.25) is 0 Å². The summed E-state index contributed by atoms with van der Waals surface area (Å²) in [7, 11) is 0. The summed E-state index contributed by atoms with van der Waals surface area (Å²) < 4.78 is 22.0. The van der Waals surface area contributed by atoms with Crippen LogP contribution in [-0.2, 0) is 25.6 Å². The first-order valence-corrected chi connectivity index (χ1v) is 16.4. The van der Waals surface area contributed by atoms with E-state index in [1.54, 1.807) is 42.5 Å². The van der Waals surface area contributed by atoms with E-state index < -0.39 is 23.9 Å². The number of hydrogen-bond acceptors (Lipinski definition) is 8. The molecule has 0 spiro atoms. The van der Waals surface area contributed by atoms with Crippen LogP contribution in [0.15, 0.2) is 128 Å². The Kier molecular flexibility index (Phi) is 13.3. The van der Waals surface area contributed by atoms with Gasteiger partial charge in [-0.15, -0.1) is 0 Å². The molecule has 0 unspecified atom stereocenters. The molecule has 0 aromatic heterocycles. The minimum absolute atomic E-state index is 0.0215. The van der Waals surface area contributed by atoms with Gasteiger partial charge < -0.3 is 18.9 Å². The quantitative estimate of drug-likeness (QED) is 0.0666. The molecule has 0 aliphatic rings. The Balaban J connectivity index is 1.81. The fourth-order valence-corrected chi connectivity index (χ4v) is 4.62. The topological polar surface area (TPSA) is 105 Å². The summed E-state index contributed by atoms with van der Waals surface area (Å²) in [6.45, 7) is 19.2. The molecule has 4 rings (SSSR count). The van der Waals surface area contributed by atoms with E-state index in [1.165, 1.54) is 13.8 Å². The summed E-state index contributed by atoms with van der Waals surface area (Å²) in [5.74, 6) is 10.7. The highest BCUT2D eigenvalue weighted by atomic mass is 16.6. The van der Waals surface area contributed by atoms with E-state index in [0.29, 0.717) is 46.6 Å². The van der Waals surface area contributed by atoms with Crippen molar-refractivity contribution in [2.24, 2.45) is 0 Å². The van der Waals surface area contributed by atoms with Gasteiger partial charge in [0.05, 0.1) is 0 Å². The number of esters is 4. The molecule has 0 N–H and O–H groups in total. The smallest absolute Gasteiger partial charge is 0.338 e. The fraction of sp³-hybridized carbons (Fsp3) is 0.111. The maximum atomic E-state index is 13.0. The summed E-state index contributed by atoms with van der Waals surface area (Å²) in [4.78, 5) is 48.9. The molecular formula is C45H36O8. The van der Waals surface area contributed by atoms with Gasteiger partial charge in [-0.2, -0.15) is 0 Å². The van der Waals surface area contributed by atoms with Crippen molar-refractivity contribution in [2.45, 2.75) is 33.6 Å². The number of carbonyl (C=O) groups excluding carboxylic acids is 4. The van der Waals surface area contributed by atoms with E-state index in [1.807, 2.05) is 43.3 Å². The van der Waals surface area contributed by atoms with Crippen LogP contribution in [0.3, 0.4) is 0 Å². The normalized spacial score (nSPS) is 9.87. The number of carbonyl (C=O) groups is 4. The predicted molar refractivity (Wildman–Crippen MR) is 203 cm³/mol. The molecule has 8 nitrogen and oxygen atoms in total. The van der Waals surface area contributed by atoms with E-state index in [4.69, 9.17) is 18.9 Å². The van der Waals surface area contributed by atoms with Gasteiger partial charge in [-0.05, 0) is 86.0 Å². The first kappa shape index (κ1) is 38.6. The number of ether oxygens (including phenoxy) is 4. The molecule has 0 bridgehead atoms. The predicted octanol–water partition coefficient (Wildman–Crippen LogP) is 8.25. The van der Waals surface area contributed by atoms with Gasteiger partial charge in [-0.1, -0.05) is 87.6 Å². The Morgan fingerprint density at radius 1 is 0.623 bits per heavy atom. The average molecular weight is 705 g/mol. The van der Waals surface area contributed by atoms with E-state index in [-0.39, 0.29) is 28.2 Å². The van der Waals surface area contributed by atoms with Crippen molar-refractivity contribution >= 4 is 23.9 Å². The van der Waals surface area contributed by atoms with Crippen LogP contribution in [0.1, 0.15) is 55.0 Å². The molecule has 0 aliphatic heterocycles. The van der Waals surface area contributed by atoms with Gasteiger partial charge in [0, 0.05) is 45.6 Å². The Labute approximate surface area is 309 Å². The molecule has 4 aromatic rings. The Bertz CT molecular complexity index is 2230. The molecule has 0 heterocycles. The molecule has 0 atom stereocenters.